The van der Waals surface area contributed by atoms with E-state index in [0.717, 1.165) is 16.3 Å². The molecule has 1 N–H and O–H groups in total. The van der Waals surface area contributed by atoms with Gasteiger partial charge in [-0.05, 0) is 37.7 Å². The molecule has 0 saturated carbocycles. The van der Waals surface area contributed by atoms with Gasteiger partial charge in [-0.15, -0.1) is 11.8 Å². The van der Waals surface area contributed by atoms with E-state index in [1.807, 2.05) is 31.2 Å². The van der Waals surface area contributed by atoms with Crippen molar-refractivity contribution in [3.63, 3.8) is 0 Å². The van der Waals surface area contributed by atoms with Crippen LogP contribution in [-0.2, 0) is 0 Å². The van der Waals surface area contributed by atoms with E-state index in [9.17, 15) is 13.2 Å². The predicted octanol–water partition coefficient (Wildman–Crippen LogP) is 5.33. The lowest BCUT2D eigenvalue weighted by Gasteiger charge is -2.18. The Morgan fingerprint density at radius 3 is 2.58 bits per heavy atom. The Labute approximate surface area is 117 Å². The summed E-state index contributed by atoms with van der Waals surface area (Å²) in [5.41, 5.74) is 1.01. The summed E-state index contributed by atoms with van der Waals surface area (Å²) in [5, 5.41) is 3.29. The molecule has 0 aliphatic rings. The van der Waals surface area contributed by atoms with Crippen LogP contribution in [0.15, 0.2) is 29.2 Å². The fraction of sp³-hybridized carbons (Fsp3) is 0.571. The largest absolute Gasteiger partial charge is 0.389 e. The van der Waals surface area contributed by atoms with Crippen molar-refractivity contribution >= 4 is 17.4 Å². The number of benzene rings is 1. The number of nitrogens with one attached hydrogen (secondary N) is 1. The van der Waals surface area contributed by atoms with Crippen molar-refractivity contribution in [1.82, 2.24) is 0 Å². The number of hydrogen-bond donors (Lipinski definition) is 1. The molecular formula is C14H20F3NS. The van der Waals surface area contributed by atoms with Crippen LogP contribution in [0.25, 0.3) is 0 Å². The van der Waals surface area contributed by atoms with Crippen LogP contribution >= 0.6 is 11.8 Å². The first kappa shape index (κ1) is 16.2. The van der Waals surface area contributed by atoms with E-state index < -0.39 is 12.6 Å². The lowest BCUT2D eigenvalue weighted by molar-refractivity contribution is -0.135. The molecule has 108 valence electrons. The molecule has 0 aliphatic heterocycles. The molecule has 0 aliphatic carbocycles. The highest BCUT2D eigenvalue weighted by Gasteiger charge is 2.26. The second kappa shape index (κ2) is 7.68. The lowest BCUT2D eigenvalue weighted by Crippen LogP contribution is -2.17. The molecule has 1 rings (SSSR count). The zero-order valence-corrected chi connectivity index (χ0v) is 12.1. The van der Waals surface area contributed by atoms with Crippen LogP contribution in [0.5, 0.6) is 0 Å². The van der Waals surface area contributed by atoms with Gasteiger partial charge in [-0.2, -0.15) is 13.2 Å². The van der Waals surface area contributed by atoms with E-state index in [2.05, 4.69) is 12.2 Å². The molecular weight excluding hydrogens is 271 g/mol. The lowest BCUT2D eigenvalue weighted by atomic mass is 10.1. The quantitative estimate of drug-likeness (QED) is 0.681. The van der Waals surface area contributed by atoms with E-state index in [4.69, 9.17) is 0 Å². The molecule has 19 heavy (non-hydrogen) atoms. The summed E-state index contributed by atoms with van der Waals surface area (Å²) in [6, 6.07) is 7.94. The van der Waals surface area contributed by atoms with E-state index in [0.29, 0.717) is 6.42 Å². The van der Waals surface area contributed by atoms with Gasteiger partial charge in [-0.1, -0.05) is 19.1 Å². The standard InChI is InChI=1S/C14H20F3NS/c1-3-19-13-9-5-4-8-12(13)18-11(2)7-6-10-14(15,16)17/h4-5,8-9,11,18H,3,6-7,10H2,1-2H3. The molecule has 0 fully saturated rings. The Morgan fingerprint density at radius 1 is 1.26 bits per heavy atom. The van der Waals surface area contributed by atoms with E-state index in [-0.39, 0.29) is 12.5 Å². The monoisotopic (exact) mass is 291 g/mol. The second-order valence-electron chi connectivity index (χ2n) is 4.48. The van der Waals surface area contributed by atoms with Crippen molar-refractivity contribution in [3.8, 4) is 0 Å². The molecule has 0 saturated heterocycles. The normalized spacial score (nSPS) is 13.3. The maximum absolute atomic E-state index is 12.1. The molecule has 0 radical (unpaired) electrons. The van der Waals surface area contributed by atoms with E-state index in [1.165, 1.54) is 0 Å². The molecule has 1 aromatic carbocycles. The van der Waals surface area contributed by atoms with Crippen LogP contribution < -0.4 is 5.32 Å². The first-order chi connectivity index (χ1) is 8.92. The molecule has 5 heteroatoms. The summed E-state index contributed by atoms with van der Waals surface area (Å²) in [6.07, 6.45) is -4.06. The second-order valence-corrected chi connectivity index (χ2v) is 5.79. The summed E-state index contributed by atoms with van der Waals surface area (Å²) < 4.78 is 36.2. The Balaban J connectivity index is 2.45. The van der Waals surface area contributed by atoms with Crippen molar-refractivity contribution in [1.29, 1.82) is 0 Å². The van der Waals surface area contributed by atoms with Crippen LogP contribution in [-0.4, -0.2) is 18.0 Å². The molecule has 1 nitrogen and oxygen atoms in total. The molecule has 0 amide bonds. The molecule has 1 aromatic rings. The maximum atomic E-state index is 12.1. The SMILES string of the molecule is CCSc1ccccc1NC(C)CCCC(F)(F)F. The van der Waals surface area contributed by atoms with Gasteiger partial charge in [-0.3, -0.25) is 0 Å². The summed E-state index contributed by atoms with van der Waals surface area (Å²) in [6.45, 7) is 4.00. The van der Waals surface area contributed by atoms with Gasteiger partial charge in [0.2, 0.25) is 0 Å². The molecule has 1 atom stereocenters. The van der Waals surface area contributed by atoms with Crippen molar-refractivity contribution in [2.45, 2.75) is 50.2 Å². The topological polar surface area (TPSA) is 12.0 Å². The van der Waals surface area contributed by atoms with Crippen LogP contribution in [0, 0.1) is 0 Å². The summed E-state index contributed by atoms with van der Waals surface area (Å²) in [7, 11) is 0. The summed E-state index contributed by atoms with van der Waals surface area (Å²) >= 11 is 1.73. The van der Waals surface area contributed by atoms with E-state index in [1.54, 1.807) is 11.8 Å². The van der Waals surface area contributed by atoms with Gasteiger partial charge < -0.3 is 5.32 Å². The average molecular weight is 291 g/mol. The highest BCUT2D eigenvalue weighted by atomic mass is 32.2. The molecule has 0 aromatic heterocycles. The van der Waals surface area contributed by atoms with E-state index >= 15 is 0 Å². The zero-order valence-electron chi connectivity index (χ0n) is 11.3. The first-order valence-electron chi connectivity index (χ1n) is 6.47. The fourth-order valence-electron chi connectivity index (χ4n) is 1.81. The molecule has 1 unspecified atom stereocenters. The highest BCUT2D eigenvalue weighted by Crippen LogP contribution is 2.28. The van der Waals surface area contributed by atoms with Gasteiger partial charge in [0.05, 0.1) is 0 Å². The molecule has 0 heterocycles. The number of halogens is 3. The van der Waals surface area contributed by atoms with Gasteiger partial charge in [0.15, 0.2) is 0 Å². The van der Waals surface area contributed by atoms with Gasteiger partial charge >= 0.3 is 6.18 Å². The smallest absolute Gasteiger partial charge is 0.382 e. The number of para-hydroxylation sites is 1. The molecule has 0 spiro atoms. The van der Waals surface area contributed by atoms with Gasteiger partial charge in [0, 0.05) is 23.0 Å². The van der Waals surface area contributed by atoms with Gasteiger partial charge in [0.1, 0.15) is 0 Å². The average Bonchev–Trinajstić information content (AvgIpc) is 2.30. The maximum Gasteiger partial charge on any atom is 0.389 e. The minimum atomic E-state index is -4.05. The Kier molecular flexibility index (Phi) is 6.55. The number of hydrogen-bond acceptors (Lipinski definition) is 2. The first-order valence-corrected chi connectivity index (χ1v) is 7.46. The zero-order chi connectivity index (χ0) is 14.3. The Hall–Kier alpha value is -0.840. The van der Waals surface area contributed by atoms with Crippen molar-refractivity contribution in [2.24, 2.45) is 0 Å². The van der Waals surface area contributed by atoms with Crippen LogP contribution in [0.1, 0.15) is 33.1 Å². The third kappa shape index (κ3) is 6.76. The number of rotatable bonds is 7. The summed E-state index contributed by atoms with van der Waals surface area (Å²) in [5.74, 6) is 0.973. The number of anilines is 1. The third-order valence-electron chi connectivity index (χ3n) is 2.69. The fourth-order valence-corrected chi connectivity index (χ4v) is 2.58. The van der Waals surface area contributed by atoms with Gasteiger partial charge in [-0.25, -0.2) is 0 Å². The highest BCUT2D eigenvalue weighted by molar-refractivity contribution is 7.99. The van der Waals surface area contributed by atoms with Crippen LogP contribution in [0.3, 0.4) is 0 Å². The predicted molar refractivity (Wildman–Crippen MR) is 75.8 cm³/mol. The molecule has 0 bridgehead atoms. The third-order valence-corrected chi connectivity index (χ3v) is 3.64. The minimum absolute atomic E-state index is 0.0426. The van der Waals surface area contributed by atoms with Crippen LogP contribution in [0.2, 0.25) is 0 Å². The Morgan fingerprint density at radius 2 is 1.95 bits per heavy atom. The van der Waals surface area contributed by atoms with Crippen molar-refractivity contribution in [2.75, 3.05) is 11.1 Å². The van der Waals surface area contributed by atoms with Crippen molar-refractivity contribution < 1.29 is 13.2 Å². The number of thioether (sulfide) groups is 1. The van der Waals surface area contributed by atoms with Crippen LogP contribution in [0.4, 0.5) is 18.9 Å². The minimum Gasteiger partial charge on any atom is -0.382 e. The Bertz CT molecular complexity index is 379. The summed E-state index contributed by atoms with van der Waals surface area (Å²) in [4.78, 5) is 1.15. The van der Waals surface area contributed by atoms with Crippen molar-refractivity contribution in [3.05, 3.63) is 24.3 Å². The number of alkyl halides is 3. The van der Waals surface area contributed by atoms with Gasteiger partial charge in [0.25, 0.3) is 0 Å².